The molecule has 0 aromatic rings. The molecule has 3 aliphatic rings. The minimum atomic E-state index is -0.275. The average Bonchev–Trinajstić information content (AvgIpc) is 3.01. The number of rotatable bonds is 6. The van der Waals surface area contributed by atoms with Crippen molar-refractivity contribution in [2.45, 2.75) is 92.6 Å². The van der Waals surface area contributed by atoms with Gasteiger partial charge in [0.2, 0.25) is 5.91 Å². The largest absolute Gasteiger partial charge is 0.466 e. The Morgan fingerprint density at radius 3 is 2.34 bits per heavy atom. The number of carbonyl (C=O) groups is 3. The minimum absolute atomic E-state index is 0.00825. The molecule has 0 aromatic carbocycles. The highest BCUT2D eigenvalue weighted by molar-refractivity contribution is 5.72. The molecule has 1 saturated carbocycles. The molecule has 0 unspecified atom stereocenters. The SMILES string of the molecule is CC(=O)NC[C@H]1C2=C(CC[C@@H]1[C@@]1(C)CC[C@H](OC(C)=O)C[C@@H]1COC(C)=O)C(C)(C)CC2. The lowest BCUT2D eigenvalue weighted by Crippen LogP contribution is -2.50. The van der Waals surface area contributed by atoms with E-state index in [1.807, 2.05) is 0 Å². The van der Waals surface area contributed by atoms with Crippen LogP contribution in [0.15, 0.2) is 11.1 Å². The van der Waals surface area contributed by atoms with Gasteiger partial charge in [-0.05, 0) is 61.7 Å². The van der Waals surface area contributed by atoms with Gasteiger partial charge in [0.1, 0.15) is 6.10 Å². The Morgan fingerprint density at radius 2 is 1.72 bits per heavy atom. The van der Waals surface area contributed by atoms with Crippen LogP contribution >= 0.6 is 0 Å². The molecular weight excluding hydrogens is 406 g/mol. The van der Waals surface area contributed by atoms with E-state index < -0.39 is 0 Å². The van der Waals surface area contributed by atoms with Crippen molar-refractivity contribution < 1.29 is 23.9 Å². The van der Waals surface area contributed by atoms with Crippen LogP contribution in [-0.2, 0) is 23.9 Å². The highest BCUT2D eigenvalue weighted by Gasteiger charge is 2.52. The van der Waals surface area contributed by atoms with Gasteiger partial charge in [0.05, 0.1) is 6.61 Å². The van der Waals surface area contributed by atoms with Crippen LogP contribution in [0.2, 0.25) is 0 Å². The molecule has 0 bridgehead atoms. The second-order valence-corrected chi connectivity index (χ2v) is 11.1. The first-order chi connectivity index (χ1) is 14.9. The third-order valence-corrected chi connectivity index (χ3v) is 8.59. The van der Waals surface area contributed by atoms with Crippen LogP contribution in [-0.4, -0.2) is 37.1 Å². The van der Waals surface area contributed by atoms with Crippen molar-refractivity contribution in [1.82, 2.24) is 5.32 Å². The summed E-state index contributed by atoms with van der Waals surface area (Å²) in [6.45, 7) is 12.5. The summed E-state index contributed by atoms with van der Waals surface area (Å²) >= 11 is 0. The zero-order valence-electron chi connectivity index (χ0n) is 20.7. The molecule has 5 atom stereocenters. The highest BCUT2D eigenvalue weighted by Crippen LogP contribution is 2.59. The summed E-state index contributed by atoms with van der Waals surface area (Å²) in [7, 11) is 0. The monoisotopic (exact) mass is 447 g/mol. The number of ether oxygens (including phenoxy) is 2. The number of hydrogen-bond donors (Lipinski definition) is 1. The van der Waals surface area contributed by atoms with Crippen LogP contribution in [0.3, 0.4) is 0 Å². The van der Waals surface area contributed by atoms with Gasteiger partial charge in [-0.25, -0.2) is 0 Å². The van der Waals surface area contributed by atoms with Gasteiger partial charge in [0.15, 0.2) is 0 Å². The normalized spacial score (nSPS) is 33.9. The molecule has 0 aliphatic heterocycles. The summed E-state index contributed by atoms with van der Waals surface area (Å²) in [6, 6.07) is 0. The molecule has 3 aliphatic carbocycles. The van der Waals surface area contributed by atoms with E-state index in [-0.39, 0.29) is 40.7 Å². The molecule has 3 rings (SSSR count). The van der Waals surface area contributed by atoms with Crippen LogP contribution in [0.25, 0.3) is 0 Å². The fraction of sp³-hybridized carbons (Fsp3) is 0.808. The quantitative estimate of drug-likeness (QED) is 0.477. The van der Waals surface area contributed by atoms with Crippen molar-refractivity contribution in [1.29, 1.82) is 0 Å². The fourth-order valence-corrected chi connectivity index (χ4v) is 6.83. The number of esters is 2. The van der Waals surface area contributed by atoms with Crippen molar-refractivity contribution in [3.05, 3.63) is 11.1 Å². The summed E-state index contributed by atoms with van der Waals surface area (Å²) in [4.78, 5) is 35.0. The molecule has 0 radical (unpaired) electrons. The molecule has 0 spiro atoms. The first-order valence-corrected chi connectivity index (χ1v) is 12.2. The Balaban J connectivity index is 1.92. The van der Waals surface area contributed by atoms with E-state index in [1.54, 1.807) is 18.1 Å². The number of amides is 1. The topological polar surface area (TPSA) is 81.7 Å². The standard InChI is InChI=1S/C26H41NO5/c1-16(28)27-14-22-21-10-11-25(4,5)23(21)7-8-24(22)26(6)12-9-20(32-18(3)30)13-19(26)15-31-17(2)29/h19-20,22,24H,7-15H2,1-6H3,(H,27,28)/t19-,20+,22+,24+,26+/m1/s1. The zero-order chi connectivity index (χ0) is 23.7. The predicted octanol–water partition coefficient (Wildman–Crippen LogP) is 4.57. The lowest BCUT2D eigenvalue weighted by atomic mass is 9.53. The van der Waals surface area contributed by atoms with Crippen molar-refractivity contribution in [3.63, 3.8) is 0 Å². The summed E-state index contributed by atoms with van der Waals surface area (Å²) in [5.41, 5.74) is 3.33. The molecule has 1 N–H and O–H groups in total. The second kappa shape index (κ2) is 9.56. The molecule has 1 amide bonds. The number of allylic oxidation sites excluding steroid dienone is 1. The van der Waals surface area contributed by atoms with Crippen molar-refractivity contribution >= 4 is 17.8 Å². The Hall–Kier alpha value is -1.85. The van der Waals surface area contributed by atoms with Gasteiger partial charge in [-0.2, -0.15) is 0 Å². The van der Waals surface area contributed by atoms with Gasteiger partial charge in [0.25, 0.3) is 0 Å². The van der Waals surface area contributed by atoms with Gasteiger partial charge >= 0.3 is 11.9 Å². The third kappa shape index (κ3) is 5.20. The van der Waals surface area contributed by atoms with Crippen LogP contribution < -0.4 is 5.32 Å². The maximum Gasteiger partial charge on any atom is 0.302 e. The molecule has 6 heteroatoms. The molecule has 1 fully saturated rings. The third-order valence-electron chi connectivity index (χ3n) is 8.59. The number of carbonyl (C=O) groups excluding carboxylic acids is 3. The first kappa shape index (κ1) is 24.8. The molecule has 0 saturated heterocycles. The van der Waals surface area contributed by atoms with Crippen molar-refractivity contribution in [2.75, 3.05) is 13.2 Å². The molecular formula is C26H41NO5. The summed E-state index contributed by atoms with van der Waals surface area (Å²) < 4.78 is 11.1. The summed E-state index contributed by atoms with van der Waals surface area (Å²) in [5.74, 6) is 0.289. The molecule has 0 heterocycles. The van der Waals surface area contributed by atoms with Crippen LogP contribution in [0, 0.1) is 28.6 Å². The smallest absolute Gasteiger partial charge is 0.302 e. The van der Waals surface area contributed by atoms with Crippen LogP contribution in [0.1, 0.15) is 86.5 Å². The first-order valence-electron chi connectivity index (χ1n) is 12.2. The number of hydrogen-bond acceptors (Lipinski definition) is 5. The molecule has 6 nitrogen and oxygen atoms in total. The van der Waals surface area contributed by atoms with Gasteiger partial charge < -0.3 is 14.8 Å². The lowest BCUT2D eigenvalue weighted by Gasteiger charge is -2.53. The highest BCUT2D eigenvalue weighted by atomic mass is 16.5. The predicted molar refractivity (Wildman–Crippen MR) is 123 cm³/mol. The lowest BCUT2D eigenvalue weighted by molar-refractivity contribution is -0.158. The Morgan fingerprint density at radius 1 is 1.00 bits per heavy atom. The second-order valence-electron chi connectivity index (χ2n) is 11.1. The summed E-state index contributed by atoms with van der Waals surface area (Å²) in [6.07, 6.45) is 6.79. The van der Waals surface area contributed by atoms with E-state index in [9.17, 15) is 14.4 Å². The molecule has 32 heavy (non-hydrogen) atoms. The molecule has 0 aromatic heterocycles. The Bertz CT molecular complexity index is 785. The van der Waals surface area contributed by atoms with Crippen molar-refractivity contribution in [2.24, 2.45) is 28.6 Å². The Kier molecular flexibility index (Phi) is 7.41. The van der Waals surface area contributed by atoms with Gasteiger partial charge in [-0.15, -0.1) is 0 Å². The van der Waals surface area contributed by atoms with E-state index in [0.29, 0.717) is 31.4 Å². The maximum atomic E-state index is 11.8. The zero-order valence-corrected chi connectivity index (χ0v) is 20.7. The van der Waals surface area contributed by atoms with E-state index in [0.717, 1.165) is 32.1 Å². The summed E-state index contributed by atoms with van der Waals surface area (Å²) in [5, 5.41) is 3.11. The fourth-order valence-electron chi connectivity index (χ4n) is 6.83. The van der Waals surface area contributed by atoms with Gasteiger partial charge in [-0.1, -0.05) is 31.9 Å². The van der Waals surface area contributed by atoms with Crippen LogP contribution in [0.5, 0.6) is 0 Å². The van der Waals surface area contributed by atoms with Gasteiger partial charge in [-0.3, -0.25) is 14.4 Å². The van der Waals surface area contributed by atoms with Crippen LogP contribution in [0.4, 0.5) is 0 Å². The minimum Gasteiger partial charge on any atom is -0.466 e. The van der Waals surface area contributed by atoms with E-state index >= 15 is 0 Å². The maximum absolute atomic E-state index is 11.8. The van der Waals surface area contributed by atoms with E-state index in [1.165, 1.54) is 20.3 Å². The van der Waals surface area contributed by atoms with E-state index in [2.05, 4.69) is 26.1 Å². The average molecular weight is 448 g/mol. The Labute approximate surface area is 192 Å². The van der Waals surface area contributed by atoms with Gasteiger partial charge in [0, 0.05) is 39.2 Å². The number of nitrogens with one attached hydrogen (secondary N) is 1. The van der Waals surface area contributed by atoms with Crippen molar-refractivity contribution in [3.8, 4) is 0 Å². The molecule has 180 valence electrons. The van der Waals surface area contributed by atoms with E-state index in [4.69, 9.17) is 9.47 Å².